The van der Waals surface area contributed by atoms with Gasteiger partial charge in [-0.05, 0) is 17.7 Å². The Morgan fingerprint density at radius 2 is 2.30 bits per heavy atom. The fraction of sp³-hybridized carbons (Fsp3) is 0.467. The number of rotatable bonds is 6. The molecule has 0 spiro atoms. The van der Waals surface area contributed by atoms with Crippen molar-refractivity contribution in [3.63, 3.8) is 0 Å². The first-order valence-corrected chi connectivity index (χ1v) is 7.10. The van der Waals surface area contributed by atoms with Crippen LogP contribution in [0, 0.1) is 0 Å². The second-order valence-electron chi connectivity index (χ2n) is 5.09. The van der Waals surface area contributed by atoms with E-state index in [9.17, 15) is 19.1 Å². The van der Waals surface area contributed by atoms with Crippen LogP contribution in [0.5, 0.6) is 5.75 Å². The van der Waals surface area contributed by atoms with E-state index in [1.165, 1.54) is 0 Å². The van der Waals surface area contributed by atoms with Crippen molar-refractivity contribution >= 4 is 18.2 Å². The Hall–Kier alpha value is -2.19. The van der Waals surface area contributed by atoms with E-state index in [1.54, 1.807) is 25.2 Å². The van der Waals surface area contributed by atoms with Crippen LogP contribution < -0.4 is 10.1 Å². The average Bonchev–Trinajstić information content (AvgIpc) is 2.53. The number of carbonyl (C=O) groups is 2. The van der Waals surface area contributed by atoms with Crippen molar-refractivity contribution < 1.29 is 33.3 Å². The predicted molar refractivity (Wildman–Crippen MR) is 77.9 cm³/mol. The molecular formula is C15H18FNO6. The Balaban J connectivity index is 2.06. The molecule has 2 rings (SSSR count). The van der Waals surface area contributed by atoms with Crippen LogP contribution in [0.4, 0.5) is 14.9 Å². The van der Waals surface area contributed by atoms with Crippen LogP contribution in [0.1, 0.15) is 18.4 Å². The van der Waals surface area contributed by atoms with Gasteiger partial charge in [0, 0.05) is 19.9 Å². The summed E-state index contributed by atoms with van der Waals surface area (Å²) in [7, 11) is 1.66. The lowest BCUT2D eigenvalue weighted by Crippen LogP contribution is -2.39. The molecule has 0 aromatic heterocycles. The minimum absolute atomic E-state index is 0.198. The Kier molecular flexibility index (Phi) is 5.89. The molecule has 1 heterocycles. The number of carbonyl (C=O) groups excluding carboxylic acids is 2. The van der Waals surface area contributed by atoms with E-state index in [-0.39, 0.29) is 19.4 Å². The average molecular weight is 327 g/mol. The molecule has 1 fully saturated rings. The van der Waals surface area contributed by atoms with Crippen LogP contribution in [-0.4, -0.2) is 43.2 Å². The van der Waals surface area contributed by atoms with Crippen LogP contribution in [0.15, 0.2) is 18.2 Å². The molecular weight excluding hydrogens is 309 g/mol. The summed E-state index contributed by atoms with van der Waals surface area (Å²) in [5.74, 6) is 0.437. The topological polar surface area (TPSA) is 94.1 Å². The Bertz CT molecular complexity index is 567. The highest BCUT2D eigenvalue weighted by Gasteiger charge is 2.29. The lowest BCUT2D eigenvalue weighted by Gasteiger charge is -2.31. The van der Waals surface area contributed by atoms with Crippen LogP contribution >= 0.6 is 0 Å². The van der Waals surface area contributed by atoms with Gasteiger partial charge in [0.05, 0.1) is 11.8 Å². The molecule has 2 N–H and O–H groups in total. The zero-order valence-electron chi connectivity index (χ0n) is 12.5. The Labute approximate surface area is 132 Å². The Morgan fingerprint density at radius 1 is 1.52 bits per heavy atom. The monoisotopic (exact) mass is 327 g/mol. The number of halogens is 1. The van der Waals surface area contributed by atoms with E-state index in [4.69, 9.17) is 9.47 Å². The minimum Gasteiger partial charge on any atom is -0.463 e. The SMILES string of the molecule is CNc1cc(COC(=O)F)ccc1OC1CC(O)CC(C=O)O1. The third kappa shape index (κ3) is 4.90. The summed E-state index contributed by atoms with van der Waals surface area (Å²) in [4.78, 5) is 21.0. The maximum absolute atomic E-state index is 12.1. The molecule has 0 bridgehead atoms. The van der Waals surface area contributed by atoms with E-state index >= 15 is 0 Å². The molecule has 23 heavy (non-hydrogen) atoms. The Morgan fingerprint density at radius 3 is 2.96 bits per heavy atom. The fourth-order valence-electron chi connectivity index (χ4n) is 2.30. The summed E-state index contributed by atoms with van der Waals surface area (Å²) < 4.78 is 27.5. The molecule has 3 unspecified atom stereocenters. The van der Waals surface area contributed by atoms with Gasteiger partial charge >= 0.3 is 6.22 Å². The van der Waals surface area contributed by atoms with Gasteiger partial charge in [0.1, 0.15) is 24.7 Å². The highest BCUT2D eigenvalue weighted by Crippen LogP contribution is 2.29. The summed E-state index contributed by atoms with van der Waals surface area (Å²) in [6.45, 7) is -0.198. The smallest absolute Gasteiger partial charge is 0.463 e. The molecule has 1 aliphatic rings. The van der Waals surface area contributed by atoms with Gasteiger partial charge < -0.3 is 29.4 Å². The zero-order valence-corrected chi connectivity index (χ0v) is 12.5. The van der Waals surface area contributed by atoms with Gasteiger partial charge in [-0.2, -0.15) is 0 Å². The number of aliphatic hydroxyl groups excluding tert-OH is 1. The van der Waals surface area contributed by atoms with Crippen molar-refractivity contribution in [2.45, 2.75) is 37.9 Å². The molecule has 1 aliphatic heterocycles. The van der Waals surface area contributed by atoms with Gasteiger partial charge in [0.25, 0.3) is 0 Å². The van der Waals surface area contributed by atoms with E-state index in [1.807, 2.05) is 0 Å². The molecule has 7 nitrogen and oxygen atoms in total. The van der Waals surface area contributed by atoms with E-state index < -0.39 is 24.7 Å². The molecule has 8 heteroatoms. The number of ether oxygens (including phenoxy) is 3. The number of hydrogen-bond acceptors (Lipinski definition) is 7. The number of nitrogens with one attached hydrogen (secondary N) is 1. The number of aldehydes is 1. The number of aliphatic hydroxyl groups is 1. The van der Waals surface area contributed by atoms with Gasteiger partial charge in [0.2, 0.25) is 6.29 Å². The van der Waals surface area contributed by atoms with E-state index in [0.717, 1.165) is 0 Å². The van der Waals surface area contributed by atoms with Crippen molar-refractivity contribution in [1.29, 1.82) is 0 Å². The predicted octanol–water partition coefficient (Wildman–Crippen LogP) is 1.78. The summed E-state index contributed by atoms with van der Waals surface area (Å²) in [5, 5.41) is 12.6. The largest absolute Gasteiger partial charge is 0.495 e. The first kappa shape index (κ1) is 17.2. The maximum atomic E-state index is 12.1. The normalized spacial score (nSPS) is 23.9. The number of benzene rings is 1. The van der Waals surface area contributed by atoms with Crippen molar-refractivity contribution in [2.75, 3.05) is 12.4 Å². The van der Waals surface area contributed by atoms with Crippen LogP contribution in [0.3, 0.4) is 0 Å². The van der Waals surface area contributed by atoms with Gasteiger partial charge in [-0.25, -0.2) is 4.79 Å². The third-order valence-electron chi connectivity index (χ3n) is 3.37. The first-order chi connectivity index (χ1) is 11.0. The van der Waals surface area contributed by atoms with Crippen molar-refractivity contribution in [1.82, 2.24) is 0 Å². The maximum Gasteiger partial charge on any atom is 0.495 e. The lowest BCUT2D eigenvalue weighted by molar-refractivity contribution is -0.175. The summed E-state index contributed by atoms with van der Waals surface area (Å²) in [6, 6.07) is 4.85. The highest BCUT2D eigenvalue weighted by molar-refractivity contribution is 5.60. The summed E-state index contributed by atoms with van der Waals surface area (Å²) in [5.41, 5.74) is 1.15. The summed E-state index contributed by atoms with van der Waals surface area (Å²) in [6.07, 6.45) is -2.86. The van der Waals surface area contributed by atoms with Gasteiger partial charge in [-0.15, -0.1) is 4.39 Å². The number of hydrogen-bond donors (Lipinski definition) is 2. The first-order valence-electron chi connectivity index (χ1n) is 7.10. The molecule has 126 valence electrons. The molecule has 1 saturated heterocycles. The fourth-order valence-corrected chi connectivity index (χ4v) is 2.30. The standard InChI is InChI=1S/C15H18FNO6/c1-17-12-4-9(8-21-15(16)20)2-3-13(12)23-14-6-10(19)5-11(7-18)22-14/h2-4,7,10-11,14,17,19H,5-6,8H2,1H3. The lowest BCUT2D eigenvalue weighted by atomic mass is 10.1. The zero-order chi connectivity index (χ0) is 16.8. The molecule has 0 saturated carbocycles. The number of anilines is 1. The van der Waals surface area contributed by atoms with Crippen LogP contribution in [0.25, 0.3) is 0 Å². The quantitative estimate of drug-likeness (QED) is 0.607. The summed E-state index contributed by atoms with van der Waals surface area (Å²) >= 11 is 0. The van der Waals surface area contributed by atoms with E-state index in [2.05, 4.69) is 10.1 Å². The second kappa shape index (κ2) is 7.89. The molecule has 1 aromatic carbocycles. The van der Waals surface area contributed by atoms with Crippen molar-refractivity contribution in [3.05, 3.63) is 23.8 Å². The second-order valence-corrected chi connectivity index (χ2v) is 5.09. The molecule has 0 radical (unpaired) electrons. The van der Waals surface area contributed by atoms with Crippen LogP contribution in [-0.2, 0) is 20.9 Å². The minimum atomic E-state index is -1.85. The van der Waals surface area contributed by atoms with E-state index in [0.29, 0.717) is 23.3 Å². The van der Waals surface area contributed by atoms with Gasteiger partial charge in [-0.1, -0.05) is 6.07 Å². The molecule has 1 aromatic rings. The van der Waals surface area contributed by atoms with Gasteiger partial charge in [-0.3, -0.25) is 0 Å². The molecule has 0 amide bonds. The van der Waals surface area contributed by atoms with Crippen molar-refractivity contribution in [2.24, 2.45) is 0 Å². The van der Waals surface area contributed by atoms with Crippen LogP contribution in [0.2, 0.25) is 0 Å². The molecule has 3 atom stereocenters. The van der Waals surface area contributed by atoms with Gasteiger partial charge in [0.15, 0.2) is 0 Å². The van der Waals surface area contributed by atoms with Crippen molar-refractivity contribution in [3.8, 4) is 5.75 Å². The highest BCUT2D eigenvalue weighted by atomic mass is 19.1. The molecule has 0 aliphatic carbocycles. The third-order valence-corrected chi connectivity index (χ3v) is 3.37.